The van der Waals surface area contributed by atoms with E-state index in [1.165, 1.54) is 0 Å². The Morgan fingerprint density at radius 1 is 1.38 bits per heavy atom. The zero-order chi connectivity index (χ0) is 9.68. The predicted molar refractivity (Wildman–Crippen MR) is 51.3 cm³/mol. The summed E-state index contributed by atoms with van der Waals surface area (Å²) in [6.45, 7) is 1.99. The quantitative estimate of drug-likeness (QED) is 0.425. The molecule has 0 spiro atoms. The van der Waals surface area contributed by atoms with Crippen LogP contribution in [0.5, 0.6) is 5.75 Å². The first-order valence-electron chi connectivity index (χ1n) is 4.29. The molecule has 0 aliphatic heterocycles. The number of rotatable bonds is 3. The Morgan fingerprint density at radius 2 is 2.08 bits per heavy atom. The molecule has 0 atom stereocenters. The Hall–Kier alpha value is -1.51. The molecule has 0 bridgehead atoms. The first kappa shape index (κ1) is 9.58. The summed E-state index contributed by atoms with van der Waals surface area (Å²) in [5, 5.41) is 21.3. The van der Waals surface area contributed by atoms with Crippen LogP contribution in [0.15, 0.2) is 29.4 Å². The van der Waals surface area contributed by atoms with Gasteiger partial charge in [0.25, 0.3) is 0 Å². The zero-order valence-electron chi connectivity index (χ0n) is 7.57. The lowest BCUT2D eigenvalue weighted by Crippen LogP contribution is -2.00. The molecule has 0 aliphatic carbocycles. The lowest BCUT2D eigenvalue weighted by molar-refractivity contribution is 0.317. The van der Waals surface area contributed by atoms with Crippen molar-refractivity contribution in [2.45, 2.75) is 19.8 Å². The summed E-state index contributed by atoms with van der Waals surface area (Å²) in [5.74, 6) is 0.156. The smallest absolute Gasteiger partial charge is 0.124 e. The second-order valence-corrected chi connectivity index (χ2v) is 2.81. The van der Waals surface area contributed by atoms with E-state index in [0.29, 0.717) is 17.7 Å². The number of para-hydroxylation sites is 1. The number of aromatic hydroxyl groups is 1. The Bertz CT molecular complexity index is 308. The van der Waals surface area contributed by atoms with Gasteiger partial charge in [-0.1, -0.05) is 30.6 Å². The fourth-order valence-corrected chi connectivity index (χ4v) is 1.19. The minimum Gasteiger partial charge on any atom is -0.507 e. The van der Waals surface area contributed by atoms with Crippen LogP contribution in [0, 0.1) is 0 Å². The maximum atomic E-state index is 9.45. The molecule has 0 amide bonds. The van der Waals surface area contributed by atoms with E-state index in [2.05, 4.69) is 5.16 Å². The van der Waals surface area contributed by atoms with Crippen LogP contribution >= 0.6 is 0 Å². The molecular weight excluding hydrogens is 166 g/mol. The Morgan fingerprint density at radius 3 is 2.62 bits per heavy atom. The summed E-state index contributed by atoms with van der Waals surface area (Å²) in [4.78, 5) is 0. The van der Waals surface area contributed by atoms with Crippen LogP contribution in [0.1, 0.15) is 25.3 Å². The summed E-state index contributed by atoms with van der Waals surface area (Å²) in [7, 11) is 0. The number of benzene rings is 1. The van der Waals surface area contributed by atoms with Gasteiger partial charge >= 0.3 is 0 Å². The average molecular weight is 179 g/mol. The number of hydrogen-bond acceptors (Lipinski definition) is 3. The highest BCUT2D eigenvalue weighted by atomic mass is 16.4. The number of phenols is 1. The SMILES string of the molecule is CCC/C(=N\O)c1ccccc1O. The molecule has 0 aromatic heterocycles. The van der Waals surface area contributed by atoms with Crippen molar-refractivity contribution in [2.24, 2.45) is 5.16 Å². The van der Waals surface area contributed by atoms with Gasteiger partial charge in [0.1, 0.15) is 5.75 Å². The molecule has 0 radical (unpaired) electrons. The van der Waals surface area contributed by atoms with Gasteiger partial charge in [-0.25, -0.2) is 0 Å². The molecular formula is C10H13NO2. The van der Waals surface area contributed by atoms with Gasteiger partial charge in [0.05, 0.1) is 5.71 Å². The van der Waals surface area contributed by atoms with Gasteiger partial charge in [-0.15, -0.1) is 0 Å². The van der Waals surface area contributed by atoms with E-state index in [4.69, 9.17) is 5.21 Å². The van der Waals surface area contributed by atoms with Crippen molar-refractivity contribution in [3.8, 4) is 5.75 Å². The Kier molecular flexibility index (Phi) is 3.31. The fourth-order valence-electron chi connectivity index (χ4n) is 1.19. The van der Waals surface area contributed by atoms with Gasteiger partial charge in [-0.3, -0.25) is 0 Å². The van der Waals surface area contributed by atoms with Crippen molar-refractivity contribution >= 4 is 5.71 Å². The fraction of sp³-hybridized carbons (Fsp3) is 0.300. The van der Waals surface area contributed by atoms with E-state index in [-0.39, 0.29) is 5.75 Å². The van der Waals surface area contributed by atoms with Crippen molar-refractivity contribution in [3.63, 3.8) is 0 Å². The largest absolute Gasteiger partial charge is 0.507 e. The molecule has 0 unspecified atom stereocenters. The molecule has 0 heterocycles. The third-order valence-corrected chi connectivity index (χ3v) is 1.82. The number of phenolic OH excluding ortho intramolecular Hbond substituents is 1. The topological polar surface area (TPSA) is 52.8 Å². The Labute approximate surface area is 77.3 Å². The minimum absolute atomic E-state index is 0.156. The van der Waals surface area contributed by atoms with E-state index < -0.39 is 0 Å². The van der Waals surface area contributed by atoms with Gasteiger partial charge in [0.2, 0.25) is 0 Å². The van der Waals surface area contributed by atoms with E-state index in [0.717, 1.165) is 6.42 Å². The standard InChI is InChI=1S/C10H13NO2/c1-2-5-9(11-13)8-6-3-4-7-10(8)12/h3-4,6-7,12-13H,2,5H2,1H3/b11-9+. The molecule has 1 rings (SSSR count). The third-order valence-electron chi connectivity index (χ3n) is 1.82. The molecule has 3 nitrogen and oxygen atoms in total. The van der Waals surface area contributed by atoms with Crippen LogP contribution in [0.2, 0.25) is 0 Å². The van der Waals surface area contributed by atoms with Gasteiger partial charge in [-0.2, -0.15) is 0 Å². The van der Waals surface area contributed by atoms with Crippen LogP contribution in [-0.4, -0.2) is 16.0 Å². The van der Waals surface area contributed by atoms with Crippen LogP contribution in [-0.2, 0) is 0 Å². The zero-order valence-corrected chi connectivity index (χ0v) is 7.57. The molecule has 1 aromatic carbocycles. The van der Waals surface area contributed by atoms with Gasteiger partial charge in [0, 0.05) is 5.56 Å². The summed E-state index contributed by atoms with van der Waals surface area (Å²) in [5.41, 5.74) is 1.13. The average Bonchev–Trinajstić information content (AvgIpc) is 2.16. The third kappa shape index (κ3) is 2.21. The molecule has 70 valence electrons. The second kappa shape index (κ2) is 4.50. The highest BCUT2D eigenvalue weighted by Gasteiger charge is 2.07. The van der Waals surface area contributed by atoms with E-state index in [1.54, 1.807) is 24.3 Å². The summed E-state index contributed by atoms with van der Waals surface area (Å²) < 4.78 is 0. The minimum atomic E-state index is 0.156. The van der Waals surface area contributed by atoms with Crippen molar-refractivity contribution in [3.05, 3.63) is 29.8 Å². The van der Waals surface area contributed by atoms with E-state index in [9.17, 15) is 5.11 Å². The van der Waals surface area contributed by atoms with Gasteiger partial charge in [0.15, 0.2) is 0 Å². The molecule has 3 heteroatoms. The molecule has 0 saturated carbocycles. The van der Waals surface area contributed by atoms with Crippen molar-refractivity contribution in [1.82, 2.24) is 0 Å². The summed E-state index contributed by atoms with van der Waals surface area (Å²) in [6.07, 6.45) is 1.54. The van der Waals surface area contributed by atoms with E-state index >= 15 is 0 Å². The molecule has 1 aromatic rings. The predicted octanol–water partition coefficient (Wildman–Crippen LogP) is 2.37. The maximum Gasteiger partial charge on any atom is 0.124 e. The molecule has 0 aliphatic rings. The monoisotopic (exact) mass is 179 g/mol. The second-order valence-electron chi connectivity index (χ2n) is 2.81. The molecule has 13 heavy (non-hydrogen) atoms. The highest BCUT2D eigenvalue weighted by molar-refractivity contribution is 6.02. The first-order valence-corrected chi connectivity index (χ1v) is 4.29. The van der Waals surface area contributed by atoms with Crippen molar-refractivity contribution in [1.29, 1.82) is 0 Å². The van der Waals surface area contributed by atoms with Crippen LogP contribution in [0.4, 0.5) is 0 Å². The molecule has 0 fully saturated rings. The highest BCUT2D eigenvalue weighted by Crippen LogP contribution is 2.18. The van der Waals surface area contributed by atoms with Crippen LogP contribution in [0.3, 0.4) is 0 Å². The lowest BCUT2D eigenvalue weighted by Gasteiger charge is -2.04. The Balaban J connectivity index is 2.99. The number of hydrogen-bond donors (Lipinski definition) is 2. The van der Waals surface area contributed by atoms with E-state index in [1.807, 2.05) is 6.92 Å². The summed E-state index contributed by atoms with van der Waals surface area (Å²) >= 11 is 0. The maximum absolute atomic E-state index is 9.45. The first-order chi connectivity index (χ1) is 6.29. The number of nitrogens with zero attached hydrogens (tertiary/aromatic N) is 1. The van der Waals surface area contributed by atoms with Crippen molar-refractivity contribution in [2.75, 3.05) is 0 Å². The summed E-state index contributed by atoms with van der Waals surface area (Å²) in [6, 6.07) is 6.85. The van der Waals surface area contributed by atoms with Crippen LogP contribution < -0.4 is 0 Å². The number of oxime groups is 1. The van der Waals surface area contributed by atoms with Crippen LogP contribution in [0.25, 0.3) is 0 Å². The molecule has 0 saturated heterocycles. The van der Waals surface area contributed by atoms with Crippen molar-refractivity contribution < 1.29 is 10.3 Å². The van der Waals surface area contributed by atoms with Gasteiger partial charge < -0.3 is 10.3 Å². The lowest BCUT2D eigenvalue weighted by atomic mass is 10.1. The normalized spacial score (nSPS) is 11.6. The molecule has 2 N–H and O–H groups in total. The van der Waals surface area contributed by atoms with Gasteiger partial charge in [-0.05, 0) is 18.6 Å².